The van der Waals surface area contributed by atoms with Gasteiger partial charge in [0.05, 0.1) is 18.2 Å². The number of methoxy groups -OCH3 is 1. The zero-order valence-electron chi connectivity index (χ0n) is 11.5. The third kappa shape index (κ3) is 2.08. The van der Waals surface area contributed by atoms with E-state index in [1.165, 1.54) is 0 Å². The summed E-state index contributed by atoms with van der Waals surface area (Å²) in [6.07, 6.45) is 2.00. The Labute approximate surface area is 125 Å². The van der Waals surface area contributed by atoms with Crippen LogP contribution in [0.15, 0.2) is 34.9 Å². The normalized spacial score (nSPS) is 11.0. The Morgan fingerprint density at radius 1 is 1.15 bits per heavy atom. The van der Waals surface area contributed by atoms with Crippen LogP contribution in [0.3, 0.4) is 0 Å². The van der Waals surface area contributed by atoms with E-state index in [2.05, 4.69) is 25.9 Å². The van der Waals surface area contributed by atoms with Crippen molar-refractivity contribution < 1.29 is 4.74 Å². The highest BCUT2D eigenvalue weighted by Gasteiger charge is 2.12. The molecule has 0 N–H and O–H groups in total. The summed E-state index contributed by atoms with van der Waals surface area (Å²) in [5.41, 5.74) is 2.87. The van der Waals surface area contributed by atoms with Crippen molar-refractivity contribution in [1.29, 1.82) is 0 Å². The highest BCUT2D eigenvalue weighted by molar-refractivity contribution is 9.10. The second-order valence-electron chi connectivity index (χ2n) is 4.65. The van der Waals surface area contributed by atoms with Gasteiger partial charge in [-0.1, -0.05) is 0 Å². The lowest BCUT2D eigenvalue weighted by molar-refractivity contribution is 0.415. The lowest BCUT2D eigenvalue weighted by Crippen LogP contribution is -1.96. The number of hydrogen-bond acceptors (Lipinski definition) is 3. The maximum absolute atomic E-state index is 5.17. The summed E-state index contributed by atoms with van der Waals surface area (Å²) in [7, 11) is 3.64. The molecule has 0 aliphatic carbocycles. The van der Waals surface area contributed by atoms with Crippen LogP contribution in [-0.2, 0) is 7.05 Å². The third-order valence-electron chi connectivity index (χ3n) is 3.30. The van der Waals surface area contributed by atoms with Crippen LogP contribution >= 0.6 is 15.9 Å². The lowest BCUT2D eigenvalue weighted by atomic mass is 10.2. The lowest BCUT2D eigenvalue weighted by Gasteiger charge is -2.05. The van der Waals surface area contributed by atoms with Crippen molar-refractivity contribution in [3.05, 3.63) is 40.6 Å². The Balaban J connectivity index is 2.18. The third-order valence-corrected chi connectivity index (χ3v) is 3.90. The van der Waals surface area contributed by atoms with E-state index in [-0.39, 0.29) is 0 Å². The first-order chi connectivity index (χ1) is 9.60. The maximum Gasteiger partial charge on any atom is 0.161 e. The predicted octanol–water partition coefficient (Wildman–Crippen LogP) is 3.71. The van der Waals surface area contributed by atoms with Gasteiger partial charge in [-0.15, -0.1) is 0 Å². The van der Waals surface area contributed by atoms with Gasteiger partial charge in [-0.3, -0.25) is 0 Å². The molecule has 0 saturated heterocycles. The first-order valence-electron chi connectivity index (χ1n) is 6.23. The number of benzene rings is 1. The topological polar surface area (TPSA) is 39.9 Å². The van der Waals surface area contributed by atoms with Gasteiger partial charge < -0.3 is 9.30 Å². The van der Waals surface area contributed by atoms with Gasteiger partial charge in [0.15, 0.2) is 5.82 Å². The molecule has 3 aromatic rings. The molecule has 0 aliphatic heterocycles. The fraction of sp³-hybridized carbons (Fsp3) is 0.200. The van der Waals surface area contributed by atoms with E-state index in [4.69, 9.17) is 4.74 Å². The fourth-order valence-corrected chi connectivity index (χ4v) is 3.03. The van der Waals surface area contributed by atoms with Gasteiger partial charge in [0.2, 0.25) is 0 Å². The van der Waals surface area contributed by atoms with Crippen LogP contribution in [0.25, 0.3) is 22.4 Å². The Hall–Kier alpha value is -1.88. The van der Waals surface area contributed by atoms with Crippen LogP contribution in [0, 0.1) is 6.92 Å². The molecule has 0 fully saturated rings. The number of ether oxygens (including phenoxy) is 1. The van der Waals surface area contributed by atoms with Gasteiger partial charge in [0.25, 0.3) is 0 Å². The van der Waals surface area contributed by atoms with E-state index in [1.807, 2.05) is 49.0 Å². The van der Waals surface area contributed by atoms with Gasteiger partial charge in [-0.05, 0) is 47.1 Å². The summed E-state index contributed by atoms with van der Waals surface area (Å²) in [4.78, 5) is 9.27. The molecule has 4 nitrogen and oxygen atoms in total. The Morgan fingerprint density at radius 2 is 1.85 bits per heavy atom. The highest BCUT2D eigenvalue weighted by Crippen LogP contribution is 2.29. The number of aryl methyl sites for hydroxylation is 2. The largest absolute Gasteiger partial charge is 0.497 e. The summed E-state index contributed by atoms with van der Waals surface area (Å²) < 4.78 is 8.19. The molecule has 0 radical (unpaired) electrons. The molecule has 0 unspecified atom stereocenters. The molecule has 0 saturated carbocycles. The van der Waals surface area contributed by atoms with Gasteiger partial charge in [0, 0.05) is 23.3 Å². The molecule has 0 amide bonds. The van der Waals surface area contributed by atoms with E-state index in [0.717, 1.165) is 38.3 Å². The van der Waals surface area contributed by atoms with E-state index < -0.39 is 0 Å². The van der Waals surface area contributed by atoms with Crippen molar-refractivity contribution in [2.45, 2.75) is 6.92 Å². The molecule has 102 valence electrons. The van der Waals surface area contributed by atoms with Crippen LogP contribution < -0.4 is 4.74 Å². The molecule has 0 atom stereocenters. The van der Waals surface area contributed by atoms with Crippen molar-refractivity contribution in [3.8, 4) is 17.1 Å². The molecular formula is C15H14BrN3O. The Bertz CT molecular complexity index is 778. The molecule has 20 heavy (non-hydrogen) atoms. The quantitative estimate of drug-likeness (QED) is 0.718. The predicted molar refractivity (Wildman–Crippen MR) is 82.9 cm³/mol. The number of aromatic nitrogens is 3. The summed E-state index contributed by atoms with van der Waals surface area (Å²) in [6, 6.07) is 7.77. The molecule has 0 spiro atoms. The van der Waals surface area contributed by atoms with Crippen molar-refractivity contribution in [2.24, 2.45) is 7.05 Å². The van der Waals surface area contributed by atoms with E-state index >= 15 is 0 Å². The zero-order chi connectivity index (χ0) is 14.3. The molecule has 2 aromatic heterocycles. The smallest absolute Gasteiger partial charge is 0.161 e. The van der Waals surface area contributed by atoms with Crippen LogP contribution in [-0.4, -0.2) is 21.6 Å². The first kappa shape index (κ1) is 13.1. The molecular weight excluding hydrogens is 318 g/mol. The van der Waals surface area contributed by atoms with Gasteiger partial charge in [-0.25, -0.2) is 9.97 Å². The maximum atomic E-state index is 5.17. The molecule has 2 heterocycles. The minimum atomic E-state index is 0.728. The molecule has 0 bridgehead atoms. The number of nitrogens with zero attached hydrogens (tertiary/aromatic N) is 3. The van der Waals surface area contributed by atoms with E-state index in [9.17, 15) is 0 Å². The fourth-order valence-electron chi connectivity index (χ4n) is 2.26. The van der Waals surface area contributed by atoms with Crippen LogP contribution in [0.4, 0.5) is 0 Å². The first-order valence-corrected chi connectivity index (χ1v) is 7.03. The minimum absolute atomic E-state index is 0.728. The molecule has 5 heteroatoms. The van der Waals surface area contributed by atoms with Crippen molar-refractivity contribution >= 4 is 27.0 Å². The minimum Gasteiger partial charge on any atom is -0.497 e. The Morgan fingerprint density at radius 3 is 2.50 bits per heavy atom. The van der Waals surface area contributed by atoms with Gasteiger partial charge >= 0.3 is 0 Å². The molecule has 3 rings (SSSR count). The monoisotopic (exact) mass is 331 g/mol. The van der Waals surface area contributed by atoms with E-state index in [1.54, 1.807) is 7.11 Å². The summed E-state index contributed by atoms with van der Waals surface area (Å²) in [5, 5.41) is 1.06. The average Bonchev–Trinajstić information content (AvgIpc) is 2.74. The number of rotatable bonds is 2. The molecule has 0 aliphatic rings. The van der Waals surface area contributed by atoms with Crippen LogP contribution in [0.5, 0.6) is 5.75 Å². The summed E-state index contributed by atoms with van der Waals surface area (Å²) in [5.74, 6) is 1.56. The van der Waals surface area contributed by atoms with Crippen molar-refractivity contribution in [2.75, 3.05) is 7.11 Å². The van der Waals surface area contributed by atoms with Gasteiger partial charge in [0.1, 0.15) is 11.4 Å². The summed E-state index contributed by atoms with van der Waals surface area (Å²) >= 11 is 3.55. The van der Waals surface area contributed by atoms with Crippen LogP contribution in [0.2, 0.25) is 0 Å². The second-order valence-corrected chi connectivity index (χ2v) is 5.50. The average molecular weight is 332 g/mol. The SMILES string of the molecule is COc1ccc(-c2nc(C)c3c(Br)cn(C)c3n2)cc1. The van der Waals surface area contributed by atoms with Crippen molar-refractivity contribution in [3.63, 3.8) is 0 Å². The van der Waals surface area contributed by atoms with Crippen molar-refractivity contribution in [1.82, 2.24) is 14.5 Å². The van der Waals surface area contributed by atoms with E-state index in [0.29, 0.717) is 0 Å². The Kier molecular flexibility index (Phi) is 3.22. The van der Waals surface area contributed by atoms with Crippen LogP contribution in [0.1, 0.15) is 5.69 Å². The zero-order valence-corrected chi connectivity index (χ0v) is 13.1. The number of halogens is 1. The highest BCUT2D eigenvalue weighted by atomic mass is 79.9. The second kappa shape index (κ2) is 4.90. The summed E-state index contributed by atoms with van der Waals surface area (Å²) in [6.45, 7) is 2.00. The molecule has 1 aromatic carbocycles. The van der Waals surface area contributed by atoms with Gasteiger partial charge in [-0.2, -0.15) is 0 Å². The standard InChI is InChI=1S/C15H14BrN3O/c1-9-13-12(16)8-19(2)15(13)18-14(17-9)10-4-6-11(20-3)7-5-10/h4-8H,1-3H3. The number of fused-ring (bicyclic) bond motifs is 1. The number of hydrogen-bond donors (Lipinski definition) is 0.